The molecule has 0 radical (unpaired) electrons. The lowest BCUT2D eigenvalue weighted by Crippen LogP contribution is -2.33. The van der Waals surface area contributed by atoms with E-state index in [9.17, 15) is 22.4 Å². The van der Waals surface area contributed by atoms with E-state index >= 15 is 0 Å². The largest absolute Gasteiger partial charge is 0.364 e. The number of carbonyl (C=O) groups is 2. The van der Waals surface area contributed by atoms with Crippen molar-refractivity contribution in [1.29, 1.82) is 0 Å². The van der Waals surface area contributed by atoms with Gasteiger partial charge in [0.1, 0.15) is 16.4 Å². The summed E-state index contributed by atoms with van der Waals surface area (Å²) in [4.78, 5) is 25.2. The quantitative estimate of drug-likeness (QED) is 0.444. The van der Waals surface area contributed by atoms with Crippen LogP contribution in [0.1, 0.15) is 21.6 Å². The van der Waals surface area contributed by atoms with E-state index in [-0.39, 0.29) is 28.7 Å². The number of aromatic nitrogens is 1. The summed E-state index contributed by atoms with van der Waals surface area (Å²) in [6.45, 7) is 0.604. The average molecular weight is 432 g/mol. The third-order valence-corrected chi connectivity index (χ3v) is 5.52. The number of anilines is 1. The summed E-state index contributed by atoms with van der Waals surface area (Å²) in [6.07, 6.45) is 1.59. The predicted molar refractivity (Wildman–Crippen MR) is 102 cm³/mol. The highest BCUT2D eigenvalue weighted by Crippen LogP contribution is 2.24. The zero-order valence-electron chi connectivity index (χ0n) is 14.5. The van der Waals surface area contributed by atoms with Crippen molar-refractivity contribution in [3.8, 4) is 0 Å². The summed E-state index contributed by atoms with van der Waals surface area (Å²) in [5.41, 5.74) is 6.34. The number of benzene rings is 1. The van der Waals surface area contributed by atoms with Crippen molar-refractivity contribution in [2.45, 2.75) is 17.9 Å². The number of amides is 2. The van der Waals surface area contributed by atoms with Crippen molar-refractivity contribution >= 4 is 39.9 Å². The molecule has 2 heterocycles. The van der Waals surface area contributed by atoms with Gasteiger partial charge in [-0.05, 0) is 36.2 Å². The SMILES string of the molecule is Cl.NC(=O)c1cc(S(=O)(=O)NCC(=O)Nc2ccc3c(c2F)CCNC3)c[nH]1. The molecule has 2 amide bonds. The van der Waals surface area contributed by atoms with Gasteiger partial charge in [0.05, 0.1) is 12.2 Å². The normalized spacial score (nSPS) is 13.3. The van der Waals surface area contributed by atoms with Crippen molar-refractivity contribution in [3.05, 3.63) is 47.0 Å². The van der Waals surface area contributed by atoms with Gasteiger partial charge < -0.3 is 21.4 Å². The summed E-state index contributed by atoms with van der Waals surface area (Å²) in [7, 11) is -4.04. The molecule has 1 aliphatic rings. The molecule has 12 heteroatoms. The molecule has 0 aliphatic carbocycles. The first-order valence-corrected chi connectivity index (χ1v) is 9.55. The molecule has 1 aliphatic heterocycles. The standard InChI is InChI=1S/C16H18FN5O4S.ClH/c17-15-11-3-4-19-6-9(11)1-2-12(15)22-14(23)8-21-27(25,26)10-5-13(16(18)24)20-7-10;/h1-2,5,7,19-21H,3-4,6,8H2,(H2,18,24)(H,22,23);1H. The first-order chi connectivity index (χ1) is 12.8. The van der Waals surface area contributed by atoms with Crippen LogP contribution < -0.4 is 21.1 Å². The second-order valence-electron chi connectivity index (χ2n) is 5.98. The van der Waals surface area contributed by atoms with Gasteiger partial charge in [0.25, 0.3) is 5.91 Å². The molecule has 1 aromatic carbocycles. The molecule has 9 nitrogen and oxygen atoms in total. The Morgan fingerprint density at radius 2 is 2.04 bits per heavy atom. The Bertz CT molecular complexity index is 1010. The van der Waals surface area contributed by atoms with Crippen LogP contribution in [0.15, 0.2) is 29.3 Å². The van der Waals surface area contributed by atoms with E-state index in [2.05, 4.69) is 20.3 Å². The summed E-state index contributed by atoms with van der Waals surface area (Å²) in [5.74, 6) is -2.05. The highest BCUT2D eigenvalue weighted by Gasteiger charge is 2.20. The number of H-pyrrole nitrogens is 1. The monoisotopic (exact) mass is 431 g/mol. The third kappa shape index (κ3) is 4.68. The van der Waals surface area contributed by atoms with Gasteiger partial charge in [-0.1, -0.05) is 6.07 Å². The third-order valence-electron chi connectivity index (χ3n) is 4.14. The molecule has 0 bridgehead atoms. The fraction of sp³-hybridized carbons (Fsp3) is 0.250. The van der Waals surface area contributed by atoms with E-state index in [1.54, 1.807) is 6.07 Å². The van der Waals surface area contributed by atoms with Gasteiger partial charge >= 0.3 is 0 Å². The van der Waals surface area contributed by atoms with Gasteiger partial charge in [-0.25, -0.2) is 17.5 Å². The van der Waals surface area contributed by atoms with Crippen molar-refractivity contribution in [3.63, 3.8) is 0 Å². The topological polar surface area (TPSA) is 146 Å². The van der Waals surface area contributed by atoms with Crippen molar-refractivity contribution < 1.29 is 22.4 Å². The number of primary amides is 1. The maximum Gasteiger partial charge on any atom is 0.265 e. The second kappa shape index (κ2) is 8.69. The van der Waals surface area contributed by atoms with E-state index in [1.165, 1.54) is 6.07 Å². The number of carbonyl (C=O) groups excluding carboxylic acids is 2. The molecule has 0 atom stereocenters. The van der Waals surface area contributed by atoms with Gasteiger partial charge in [-0.15, -0.1) is 12.4 Å². The van der Waals surface area contributed by atoms with Crippen LogP contribution in [-0.2, 0) is 27.8 Å². The van der Waals surface area contributed by atoms with E-state index in [0.29, 0.717) is 25.1 Å². The molecule has 2 aromatic rings. The van der Waals surface area contributed by atoms with Crippen LogP contribution in [0.4, 0.5) is 10.1 Å². The molecule has 152 valence electrons. The molecule has 0 unspecified atom stereocenters. The molecule has 0 saturated heterocycles. The van der Waals surface area contributed by atoms with E-state index in [4.69, 9.17) is 5.73 Å². The minimum Gasteiger partial charge on any atom is -0.364 e. The summed E-state index contributed by atoms with van der Waals surface area (Å²) in [6, 6.07) is 4.22. The van der Waals surface area contributed by atoms with Crippen LogP contribution in [0.25, 0.3) is 0 Å². The number of hydrogen-bond donors (Lipinski definition) is 5. The number of rotatable bonds is 6. The Morgan fingerprint density at radius 1 is 1.29 bits per heavy atom. The molecule has 0 saturated carbocycles. The van der Waals surface area contributed by atoms with Crippen LogP contribution in [-0.4, -0.2) is 38.3 Å². The lowest BCUT2D eigenvalue weighted by atomic mass is 9.99. The first-order valence-electron chi connectivity index (χ1n) is 8.06. The number of sulfonamides is 1. The Labute approximate surface area is 166 Å². The maximum absolute atomic E-state index is 14.5. The molecule has 1 aromatic heterocycles. The average Bonchev–Trinajstić information content (AvgIpc) is 3.14. The zero-order chi connectivity index (χ0) is 19.6. The molecule has 0 spiro atoms. The summed E-state index contributed by atoms with van der Waals surface area (Å²) < 4.78 is 40.9. The fourth-order valence-electron chi connectivity index (χ4n) is 2.74. The van der Waals surface area contributed by atoms with Crippen LogP contribution in [0.3, 0.4) is 0 Å². The van der Waals surface area contributed by atoms with Gasteiger partial charge in [0.2, 0.25) is 15.9 Å². The molecule has 6 N–H and O–H groups in total. The van der Waals surface area contributed by atoms with Gasteiger partial charge in [-0.2, -0.15) is 0 Å². The van der Waals surface area contributed by atoms with Gasteiger partial charge in [-0.3, -0.25) is 9.59 Å². The Morgan fingerprint density at radius 3 is 2.71 bits per heavy atom. The minimum absolute atomic E-state index is 0. The van der Waals surface area contributed by atoms with Gasteiger partial charge in [0, 0.05) is 12.7 Å². The number of nitrogens with two attached hydrogens (primary N) is 1. The molecule has 28 heavy (non-hydrogen) atoms. The number of nitrogens with one attached hydrogen (secondary N) is 4. The number of hydrogen-bond acceptors (Lipinski definition) is 5. The highest BCUT2D eigenvalue weighted by atomic mass is 35.5. The Kier molecular flexibility index (Phi) is 6.77. The summed E-state index contributed by atoms with van der Waals surface area (Å²) >= 11 is 0. The minimum atomic E-state index is -4.04. The maximum atomic E-state index is 14.5. The van der Waals surface area contributed by atoms with E-state index in [0.717, 1.165) is 17.8 Å². The van der Waals surface area contributed by atoms with Crippen molar-refractivity contribution in [2.24, 2.45) is 5.73 Å². The predicted octanol–water partition coefficient (Wildman–Crippen LogP) is 0.237. The van der Waals surface area contributed by atoms with Crippen LogP contribution in [0, 0.1) is 5.82 Å². The van der Waals surface area contributed by atoms with Crippen LogP contribution in [0.2, 0.25) is 0 Å². The van der Waals surface area contributed by atoms with Crippen molar-refractivity contribution in [1.82, 2.24) is 15.0 Å². The first kappa shape index (κ1) is 21.8. The molecular weight excluding hydrogens is 413 g/mol. The van der Waals surface area contributed by atoms with E-state index in [1.807, 2.05) is 0 Å². The number of fused-ring (bicyclic) bond motifs is 1. The fourth-order valence-corrected chi connectivity index (χ4v) is 3.72. The van der Waals surface area contributed by atoms with Crippen molar-refractivity contribution in [2.75, 3.05) is 18.4 Å². The van der Waals surface area contributed by atoms with E-state index < -0.39 is 34.2 Å². The zero-order valence-corrected chi connectivity index (χ0v) is 16.2. The second-order valence-corrected chi connectivity index (χ2v) is 7.74. The molecule has 3 rings (SSSR count). The lowest BCUT2D eigenvalue weighted by Gasteiger charge is -2.19. The van der Waals surface area contributed by atoms with Crippen LogP contribution in [0.5, 0.6) is 0 Å². The highest BCUT2D eigenvalue weighted by molar-refractivity contribution is 7.89. The Balaban J connectivity index is 0.00000280. The van der Waals surface area contributed by atoms with Gasteiger partial charge in [0.15, 0.2) is 0 Å². The van der Waals surface area contributed by atoms with Crippen LogP contribution >= 0.6 is 12.4 Å². The Hall–Kier alpha value is -2.47. The lowest BCUT2D eigenvalue weighted by molar-refractivity contribution is -0.115. The number of aromatic amines is 1. The molecular formula is C16H19ClFN5O4S. The molecule has 0 fully saturated rings. The smallest absolute Gasteiger partial charge is 0.265 e. The number of halogens is 2. The summed E-state index contributed by atoms with van der Waals surface area (Å²) in [5, 5.41) is 5.49.